The van der Waals surface area contributed by atoms with Crippen LogP contribution in [0, 0.1) is 0 Å². The van der Waals surface area contributed by atoms with Crippen LogP contribution in [0.15, 0.2) is 54.6 Å². The Morgan fingerprint density at radius 2 is 1.71 bits per heavy atom. The molecule has 0 heterocycles. The number of aliphatic hydroxyl groups is 1. The lowest BCUT2D eigenvalue weighted by atomic mass is 9.90. The van der Waals surface area contributed by atoms with Crippen molar-refractivity contribution in [3.8, 4) is 0 Å². The number of ketones is 1. The molecule has 1 aliphatic rings. The van der Waals surface area contributed by atoms with Gasteiger partial charge in [-0.3, -0.25) is 4.79 Å². The second-order valence-electron chi connectivity index (χ2n) is 5.98. The lowest BCUT2D eigenvalue weighted by Crippen LogP contribution is -2.31. The highest BCUT2D eigenvalue weighted by molar-refractivity contribution is 6.01. The van der Waals surface area contributed by atoms with Crippen LogP contribution in [0.2, 0.25) is 0 Å². The monoisotopic (exact) mass is 278 g/mol. The first kappa shape index (κ1) is 13.8. The molecular weight excluding hydrogens is 260 g/mol. The second kappa shape index (κ2) is 4.97. The summed E-state index contributed by atoms with van der Waals surface area (Å²) in [7, 11) is 0. The Labute approximate surface area is 124 Å². The van der Waals surface area contributed by atoms with E-state index >= 15 is 0 Å². The van der Waals surface area contributed by atoms with Crippen molar-refractivity contribution < 1.29 is 9.90 Å². The van der Waals surface area contributed by atoms with Crippen molar-refractivity contribution in [1.29, 1.82) is 0 Å². The summed E-state index contributed by atoms with van der Waals surface area (Å²) in [5.41, 5.74) is 2.91. The highest BCUT2D eigenvalue weighted by atomic mass is 16.3. The minimum Gasteiger partial charge on any atom is -0.382 e. The Morgan fingerprint density at radius 1 is 1.05 bits per heavy atom. The van der Waals surface area contributed by atoms with Crippen molar-refractivity contribution in [2.45, 2.75) is 25.4 Å². The van der Waals surface area contributed by atoms with Crippen molar-refractivity contribution >= 4 is 11.9 Å². The zero-order chi connectivity index (χ0) is 15.0. The summed E-state index contributed by atoms with van der Waals surface area (Å²) in [5, 5.41) is 9.79. The Bertz CT molecular complexity index is 703. The van der Waals surface area contributed by atoms with Gasteiger partial charge >= 0.3 is 0 Å². The molecule has 1 aliphatic carbocycles. The average molecular weight is 278 g/mol. The van der Waals surface area contributed by atoms with E-state index in [4.69, 9.17) is 0 Å². The van der Waals surface area contributed by atoms with E-state index in [1.54, 1.807) is 12.1 Å². The van der Waals surface area contributed by atoms with Crippen molar-refractivity contribution in [2.24, 2.45) is 0 Å². The second-order valence-corrected chi connectivity index (χ2v) is 5.98. The fourth-order valence-corrected chi connectivity index (χ4v) is 2.74. The number of hydrogen-bond donors (Lipinski definition) is 1. The molecular formula is C19H18O2. The molecule has 0 aliphatic heterocycles. The first-order chi connectivity index (χ1) is 9.97. The Kier molecular flexibility index (Phi) is 3.26. The van der Waals surface area contributed by atoms with Crippen LogP contribution >= 0.6 is 0 Å². The third-order valence-corrected chi connectivity index (χ3v) is 3.89. The molecule has 0 spiro atoms. The molecule has 0 aromatic heterocycles. The van der Waals surface area contributed by atoms with Gasteiger partial charge in [0, 0.05) is 11.5 Å². The zero-order valence-corrected chi connectivity index (χ0v) is 12.2. The Hall–Kier alpha value is -2.19. The minimum atomic E-state index is -1.33. The van der Waals surface area contributed by atoms with Gasteiger partial charge in [-0.1, -0.05) is 60.7 Å². The van der Waals surface area contributed by atoms with Crippen LogP contribution in [0.1, 0.15) is 46.8 Å². The Balaban J connectivity index is 1.90. The molecule has 2 nitrogen and oxygen atoms in total. The van der Waals surface area contributed by atoms with E-state index in [-0.39, 0.29) is 11.7 Å². The van der Waals surface area contributed by atoms with Gasteiger partial charge in [-0.2, -0.15) is 0 Å². The van der Waals surface area contributed by atoms with Crippen LogP contribution in [0.5, 0.6) is 0 Å². The molecule has 1 N–H and O–H groups in total. The first-order valence-corrected chi connectivity index (χ1v) is 7.11. The van der Waals surface area contributed by atoms with Gasteiger partial charge in [0.2, 0.25) is 0 Å². The zero-order valence-electron chi connectivity index (χ0n) is 12.2. The smallest absolute Gasteiger partial charge is 0.193 e. The van der Waals surface area contributed by atoms with Gasteiger partial charge in [-0.25, -0.2) is 0 Å². The van der Waals surface area contributed by atoms with Crippen molar-refractivity contribution in [2.75, 3.05) is 0 Å². The van der Waals surface area contributed by atoms with Crippen LogP contribution in [0.3, 0.4) is 0 Å². The number of rotatable bonds is 3. The normalized spacial score (nSPS) is 16.8. The van der Waals surface area contributed by atoms with Crippen LogP contribution < -0.4 is 0 Å². The molecule has 21 heavy (non-hydrogen) atoms. The van der Waals surface area contributed by atoms with Crippen molar-refractivity contribution in [3.63, 3.8) is 0 Å². The summed E-state index contributed by atoms with van der Waals surface area (Å²) in [6.45, 7) is 3.03. The van der Waals surface area contributed by atoms with Gasteiger partial charge in [0.15, 0.2) is 5.78 Å². The number of fused-ring (bicyclic) bond motifs is 1. The van der Waals surface area contributed by atoms with Crippen LogP contribution in [0.4, 0.5) is 0 Å². The summed E-state index contributed by atoms with van der Waals surface area (Å²) >= 11 is 0. The number of Topliss-reactive ketones (excluding diaryl/α,β-unsaturated/α-hetero) is 1. The maximum Gasteiger partial charge on any atom is 0.193 e. The minimum absolute atomic E-state index is 0.243. The summed E-state index contributed by atoms with van der Waals surface area (Å²) in [6.07, 6.45) is 4.31. The predicted molar refractivity (Wildman–Crippen MR) is 84.4 cm³/mol. The van der Waals surface area contributed by atoms with E-state index < -0.39 is 5.60 Å². The Morgan fingerprint density at radius 3 is 2.38 bits per heavy atom. The fraction of sp³-hybridized carbons (Fsp3) is 0.211. The third-order valence-electron chi connectivity index (χ3n) is 3.89. The topological polar surface area (TPSA) is 37.3 Å². The molecule has 2 aromatic carbocycles. The lowest BCUT2D eigenvalue weighted by Gasteiger charge is -2.16. The van der Waals surface area contributed by atoms with Crippen molar-refractivity contribution in [3.05, 3.63) is 76.9 Å². The van der Waals surface area contributed by atoms with Crippen molar-refractivity contribution in [1.82, 2.24) is 0 Å². The maximum atomic E-state index is 12.0. The number of hydrogen-bond acceptors (Lipinski definition) is 2. The van der Waals surface area contributed by atoms with E-state index in [1.165, 1.54) is 25.0 Å². The summed E-state index contributed by atoms with van der Waals surface area (Å²) in [5.74, 6) is -0.0103. The summed E-state index contributed by atoms with van der Waals surface area (Å²) < 4.78 is 0. The van der Waals surface area contributed by atoms with Gasteiger partial charge in [0.1, 0.15) is 5.60 Å². The summed E-state index contributed by atoms with van der Waals surface area (Å²) in [4.78, 5) is 12.0. The number of allylic oxidation sites excluding steroid dienone is 1. The summed E-state index contributed by atoms with van der Waals surface area (Å²) in [6, 6.07) is 15.9. The molecule has 0 bridgehead atoms. The molecule has 0 saturated carbocycles. The molecule has 2 heteroatoms. The third kappa shape index (κ3) is 2.55. The molecule has 0 fully saturated rings. The molecule has 106 valence electrons. The standard InChI is InChI=1S/C19H18O2/c1-19(2,21)18(20)15-9-7-14(8-10-15)17-12-11-13-5-3-4-6-16(13)17/h3-12,17,21H,1-2H3. The largest absolute Gasteiger partial charge is 0.382 e. The highest BCUT2D eigenvalue weighted by Crippen LogP contribution is 2.35. The number of carbonyl (C=O) groups excluding carboxylic acids is 1. The molecule has 0 saturated heterocycles. The van der Waals surface area contributed by atoms with Gasteiger partial charge < -0.3 is 5.11 Å². The van der Waals surface area contributed by atoms with E-state index in [0.717, 1.165) is 5.56 Å². The molecule has 1 unspecified atom stereocenters. The lowest BCUT2D eigenvalue weighted by molar-refractivity contribution is 0.0488. The highest BCUT2D eigenvalue weighted by Gasteiger charge is 2.25. The molecule has 0 radical (unpaired) electrons. The van der Waals surface area contributed by atoms with E-state index in [2.05, 4.69) is 24.3 Å². The van der Waals surface area contributed by atoms with Crippen LogP contribution in [-0.4, -0.2) is 16.5 Å². The molecule has 0 amide bonds. The predicted octanol–water partition coefficient (Wildman–Crippen LogP) is 3.80. The number of carbonyl (C=O) groups is 1. The van der Waals surface area contributed by atoms with Crippen LogP contribution in [0.25, 0.3) is 6.08 Å². The molecule has 3 rings (SSSR count). The van der Waals surface area contributed by atoms with E-state index in [9.17, 15) is 9.90 Å². The van der Waals surface area contributed by atoms with Gasteiger partial charge in [0.25, 0.3) is 0 Å². The van der Waals surface area contributed by atoms with E-state index in [1.807, 2.05) is 24.3 Å². The maximum absolute atomic E-state index is 12.0. The molecule has 1 atom stereocenters. The van der Waals surface area contributed by atoms with Gasteiger partial charge in [-0.15, -0.1) is 0 Å². The number of benzene rings is 2. The van der Waals surface area contributed by atoms with Crippen LogP contribution in [-0.2, 0) is 0 Å². The molecule has 2 aromatic rings. The van der Waals surface area contributed by atoms with Gasteiger partial charge in [-0.05, 0) is 30.5 Å². The quantitative estimate of drug-likeness (QED) is 0.867. The van der Waals surface area contributed by atoms with Gasteiger partial charge in [0.05, 0.1) is 0 Å². The first-order valence-electron chi connectivity index (χ1n) is 7.11. The average Bonchev–Trinajstić information content (AvgIpc) is 2.90. The SMILES string of the molecule is CC(C)(O)C(=O)c1ccc(C2C=Cc3ccccc32)cc1. The van der Waals surface area contributed by atoms with E-state index in [0.29, 0.717) is 5.56 Å². The fourth-order valence-electron chi connectivity index (χ4n) is 2.74.